The number of likely N-dealkylation sites (N-methyl/N-ethyl adjacent to an activating group) is 2. The second-order valence-corrected chi connectivity index (χ2v) is 6.17. The van der Waals surface area contributed by atoms with Gasteiger partial charge in [0.25, 0.3) is 0 Å². The molecule has 2 nitrogen and oxygen atoms in total. The lowest BCUT2D eigenvalue weighted by Crippen LogP contribution is -2.53. The predicted molar refractivity (Wildman–Crippen MR) is 89.3 cm³/mol. The largest absolute Gasteiger partial charge is 0.309 e. The summed E-state index contributed by atoms with van der Waals surface area (Å²) in [6.07, 6.45) is 1.95. The molecule has 1 rings (SSSR count). The molecule has 0 fully saturated rings. The highest BCUT2D eigenvalue weighted by Gasteiger charge is 2.40. The predicted octanol–water partition coefficient (Wildman–Crippen LogP) is 4.21. The van der Waals surface area contributed by atoms with Gasteiger partial charge in [-0.2, -0.15) is 0 Å². The fraction of sp³-hybridized carbons (Fsp3) is 0.667. The molecule has 0 aliphatic heterocycles. The van der Waals surface area contributed by atoms with Crippen LogP contribution in [0, 0.1) is 19.7 Å². The summed E-state index contributed by atoms with van der Waals surface area (Å²) < 4.78 is 14.7. The van der Waals surface area contributed by atoms with Gasteiger partial charge in [-0.25, -0.2) is 4.39 Å². The van der Waals surface area contributed by atoms with Gasteiger partial charge in [0.15, 0.2) is 0 Å². The van der Waals surface area contributed by atoms with Crippen LogP contribution in [-0.2, 0) is 0 Å². The molecule has 1 unspecified atom stereocenters. The topological polar surface area (TPSA) is 15.3 Å². The van der Waals surface area contributed by atoms with Crippen LogP contribution in [0.1, 0.15) is 56.3 Å². The van der Waals surface area contributed by atoms with Gasteiger partial charge in [0.05, 0.1) is 6.04 Å². The van der Waals surface area contributed by atoms with E-state index in [0.717, 1.165) is 36.1 Å². The van der Waals surface area contributed by atoms with Gasteiger partial charge in [0.1, 0.15) is 5.82 Å². The van der Waals surface area contributed by atoms with E-state index in [1.54, 1.807) is 6.07 Å². The van der Waals surface area contributed by atoms with Crippen molar-refractivity contribution in [1.82, 2.24) is 10.2 Å². The number of nitrogens with zero attached hydrogens (tertiary/aromatic N) is 1. The number of rotatable bonds is 7. The number of aryl methyl sites for hydroxylation is 2. The minimum absolute atomic E-state index is 0.00639. The quantitative estimate of drug-likeness (QED) is 0.810. The van der Waals surface area contributed by atoms with E-state index in [1.807, 2.05) is 13.8 Å². The Kier molecular flexibility index (Phi) is 6.36. The molecule has 1 atom stereocenters. The number of hydrogen-bond donors (Lipinski definition) is 1. The SMILES string of the molecule is CCNC(c1c(C)cc(C)cc1F)C(CC)(CC)N(C)C. The van der Waals surface area contributed by atoms with Gasteiger partial charge in [-0.1, -0.05) is 26.8 Å². The first-order valence-electron chi connectivity index (χ1n) is 8.01. The van der Waals surface area contributed by atoms with Crippen LogP contribution < -0.4 is 5.32 Å². The van der Waals surface area contributed by atoms with Crippen LogP contribution in [0.15, 0.2) is 12.1 Å². The van der Waals surface area contributed by atoms with Gasteiger partial charge in [0, 0.05) is 11.1 Å². The molecule has 1 aromatic rings. The molecule has 0 saturated carbocycles. The summed E-state index contributed by atoms with van der Waals surface area (Å²) >= 11 is 0. The van der Waals surface area contributed by atoms with Crippen LogP contribution in [0.5, 0.6) is 0 Å². The molecule has 0 aliphatic rings. The summed E-state index contributed by atoms with van der Waals surface area (Å²) in [6, 6.07) is 3.72. The minimum Gasteiger partial charge on any atom is -0.309 e. The highest BCUT2D eigenvalue weighted by atomic mass is 19.1. The smallest absolute Gasteiger partial charge is 0.128 e. The van der Waals surface area contributed by atoms with Gasteiger partial charge >= 0.3 is 0 Å². The summed E-state index contributed by atoms with van der Waals surface area (Å²) in [7, 11) is 4.19. The lowest BCUT2D eigenvalue weighted by molar-refractivity contribution is 0.0869. The van der Waals surface area contributed by atoms with E-state index in [9.17, 15) is 4.39 Å². The zero-order valence-electron chi connectivity index (χ0n) is 14.7. The third-order valence-electron chi connectivity index (χ3n) is 4.83. The Morgan fingerprint density at radius 2 is 1.71 bits per heavy atom. The first-order valence-corrected chi connectivity index (χ1v) is 8.01. The highest BCUT2D eigenvalue weighted by Crippen LogP contribution is 2.38. The molecule has 1 aromatic carbocycles. The van der Waals surface area contributed by atoms with Crippen molar-refractivity contribution in [3.63, 3.8) is 0 Å². The Morgan fingerprint density at radius 1 is 1.14 bits per heavy atom. The van der Waals surface area contributed by atoms with E-state index in [1.165, 1.54) is 0 Å². The average Bonchev–Trinajstić information content (AvgIpc) is 2.39. The standard InChI is InChI=1S/C18H31FN2/c1-8-18(9-2,21(6)7)17(20-10-3)16-14(5)11-13(4)12-15(16)19/h11-12,17,20H,8-10H2,1-7H3. The van der Waals surface area contributed by atoms with Crippen LogP contribution in [-0.4, -0.2) is 31.1 Å². The molecule has 0 radical (unpaired) electrons. The van der Waals surface area contributed by atoms with Crippen LogP contribution in [0.25, 0.3) is 0 Å². The molecule has 0 amide bonds. The molecule has 0 aliphatic carbocycles. The van der Waals surface area contributed by atoms with E-state index in [2.05, 4.69) is 51.1 Å². The molecule has 0 heterocycles. The first-order chi connectivity index (χ1) is 9.83. The Hall–Kier alpha value is -0.930. The Morgan fingerprint density at radius 3 is 2.10 bits per heavy atom. The van der Waals surface area contributed by atoms with Crippen molar-refractivity contribution in [1.29, 1.82) is 0 Å². The van der Waals surface area contributed by atoms with Gasteiger partial charge in [-0.15, -0.1) is 0 Å². The molecule has 120 valence electrons. The number of hydrogen-bond acceptors (Lipinski definition) is 2. The van der Waals surface area contributed by atoms with Crippen LogP contribution >= 0.6 is 0 Å². The molecule has 21 heavy (non-hydrogen) atoms. The second-order valence-electron chi connectivity index (χ2n) is 6.17. The van der Waals surface area contributed by atoms with Crippen molar-refractivity contribution in [3.8, 4) is 0 Å². The van der Waals surface area contributed by atoms with Crippen LogP contribution in [0.4, 0.5) is 4.39 Å². The lowest BCUT2D eigenvalue weighted by Gasteiger charge is -2.46. The fourth-order valence-electron chi connectivity index (χ4n) is 3.61. The summed E-state index contributed by atoms with van der Waals surface area (Å²) in [5.74, 6) is -0.0911. The lowest BCUT2D eigenvalue weighted by atomic mass is 9.78. The Bertz CT molecular complexity index is 441. The molecule has 1 N–H and O–H groups in total. The fourth-order valence-corrected chi connectivity index (χ4v) is 3.61. The van der Waals surface area contributed by atoms with E-state index >= 15 is 0 Å². The Labute approximate surface area is 129 Å². The highest BCUT2D eigenvalue weighted by molar-refractivity contribution is 5.36. The van der Waals surface area contributed by atoms with Crippen molar-refractivity contribution in [2.45, 2.75) is 59.0 Å². The minimum atomic E-state index is -0.0911. The summed E-state index contributed by atoms with van der Waals surface area (Å²) in [5, 5.41) is 3.54. The van der Waals surface area contributed by atoms with E-state index in [0.29, 0.717) is 0 Å². The second kappa shape index (κ2) is 7.37. The van der Waals surface area contributed by atoms with Gasteiger partial charge in [-0.05, 0) is 64.5 Å². The number of benzene rings is 1. The van der Waals surface area contributed by atoms with Crippen LogP contribution in [0.3, 0.4) is 0 Å². The third kappa shape index (κ3) is 3.46. The van der Waals surface area contributed by atoms with Crippen molar-refractivity contribution in [2.75, 3.05) is 20.6 Å². The maximum Gasteiger partial charge on any atom is 0.128 e. The van der Waals surface area contributed by atoms with Crippen molar-refractivity contribution in [2.24, 2.45) is 0 Å². The summed E-state index contributed by atoms with van der Waals surface area (Å²) in [5.41, 5.74) is 2.75. The molecular formula is C18H31FN2. The van der Waals surface area contributed by atoms with Crippen molar-refractivity contribution in [3.05, 3.63) is 34.6 Å². The van der Waals surface area contributed by atoms with Crippen molar-refractivity contribution >= 4 is 0 Å². The average molecular weight is 294 g/mol. The normalized spacial score (nSPS) is 13.8. The third-order valence-corrected chi connectivity index (χ3v) is 4.83. The van der Waals surface area contributed by atoms with Gasteiger partial charge in [0.2, 0.25) is 0 Å². The van der Waals surface area contributed by atoms with E-state index < -0.39 is 0 Å². The summed E-state index contributed by atoms with van der Waals surface area (Å²) in [6.45, 7) is 11.3. The van der Waals surface area contributed by atoms with Gasteiger partial charge in [-0.3, -0.25) is 0 Å². The maximum absolute atomic E-state index is 14.7. The van der Waals surface area contributed by atoms with Gasteiger partial charge < -0.3 is 10.2 Å². The molecule has 0 aromatic heterocycles. The molecule has 3 heteroatoms. The molecule has 0 bridgehead atoms. The summed E-state index contributed by atoms with van der Waals surface area (Å²) in [4.78, 5) is 2.25. The zero-order chi connectivity index (χ0) is 16.2. The molecular weight excluding hydrogens is 263 g/mol. The monoisotopic (exact) mass is 294 g/mol. The number of halogens is 1. The number of nitrogens with one attached hydrogen (secondary N) is 1. The van der Waals surface area contributed by atoms with E-state index in [-0.39, 0.29) is 17.4 Å². The molecule has 0 spiro atoms. The Balaban J connectivity index is 3.49. The zero-order valence-corrected chi connectivity index (χ0v) is 14.7. The van der Waals surface area contributed by atoms with E-state index in [4.69, 9.17) is 0 Å². The van der Waals surface area contributed by atoms with Crippen molar-refractivity contribution < 1.29 is 4.39 Å². The van der Waals surface area contributed by atoms with Crippen LogP contribution in [0.2, 0.25) is 0 Å². The molecule has 0 saturated heterocycles. The first kappa shape index (κ1) is 18.1. The maximum atomic E-state index is 14.7.